The van der Waals surface area contributed by atoms with Crippen LogP contribution in [-0.4, -0.2) is 39.1 Å². The standard InChI is InChI=1S/C16H19N5O4/c1-10-9-13(3-4-14(10)21(23)24)18-16(22)20-7-5-12(6-8-20)15-17-11(2)19-25-15/h3-4,9,12H,5-8H2,1-2H3,(H,18,22). The van der Waals surface area contributed by atoms with E-state index in [0.29, 0.717) is 36.1 Å². The number of carbonyl (C=O) groups excluding carboxylic acids is 1. The van der Waals surface area contributed by atoms with Crippen LogP contribution < -0.4 is 5.32 Å². The summed E-state index contributed by atoms with van der Waals surface area (Å²) in [4.78, 5) is 28.8. The predicted molar refractivity (Wildman–Crippen MR) is 89.4 cm³/mol. The van der Waals surface area contributed by atoms with Gasteiger partial charge < -0.3 is 14.7 Å². The molecule has 1 aliphatic rings. The molecule has 9 heteroatoms. The number of anilines is 1. The highest BCUT2D eigenvalue weighted by Gasteiger charge is 2.27. The zero-order valence-corrected chi connectivity index (χ0v) is 14.1. The molecule has 0 spiro atoms. The molecule has 0 atom stereocenters. The second kappa shape index (κ2) is 6.88. The number of aromatic nitrogens is 2. The smallest absolute Gasteiger partial charge is 0.321 e. The summed E-state index contributed by atoms with van der Waals surface area (Å²) in [6.45, 7) is 4.60. The molecule has 2 heterocycles. The minimum absolute atomic E-state index is 0.0358. The average Bonchev–Trinajstić information content (AvgIpc) is 3.01. The number of nitro groups is 1. The van der Waals surface area contributed by atoms with E-state index in [4.69, 9.17) is 4.52 Å². The first-order valence-electron chi connectivity index (χ1n) is 8.05. The lowest BCUT2D eigenvalue weighted by atomic mass is 9.97. The van der Waals surface area contributed by atoms with Gasteiger partial charge in [-0.25, -0.2) is 4.79 Å². The Morgan fingerprint density at radius 3 is 2.64 bits per heavy atom. The molecule has 1 N–H and O–H groups in total. The van der Waals surface area contributed by atoms with Gasteiger partial charge in [0.25, 0.3) is 5.69 Å². The van der Waals surface area contributed by atoms with E-state index in [-0.39, 0.29) is 17.6 Å². The highest BCUT2D eigenvalue weighted by atomic mass is 16.6. The molecule has 1 aromatic heterocycles. The van der Waals surface area contributed by atoms with Gasteiger partial charge in [-0.3, -0.25) is 10.1 Å². The lowest BCUT2D eigenvalue weighted by Crippen LogP contribution is -2.40. The normalized spacial score (nSPS) is 15.2. The highest BCUT2D eigenvalue weighted by molar-refractivity contribution is 5.89. The molecule has 2 aromatic rings. The van der Waals surface area contributed by atoms with E-state index in [2.05, 4.69) is 15.5 Å². The largest absolute Gasteiger partial charge is 0.339 e. The molecule has 1 saturated heterocycles. The predicted octanol–water partition coefficient (Wildman–Crippen LogP) is 3.01. The fraction of sp³-hybridized carbons (Fsp3) is 0.438. The summed E-state index contributed by atoms with van der Waals surface area (Å²) >= 11 is 0. The number of aryl methyl sites for hydroxylation is 2. The molecule has 0 bridgehead atoms. The third-order valence-corrected chi connectivity index (χ3v) is 4.32. The van der Waals surface area contributed by atoms with Crippen molar-refractivity contribution in [3.63, 3.8) is 0 Å². The van der Waals surface area contributed by atoms with Gasteiger partial charge in [-0.1, -0.05) is 5.16 Å². The van der Waals surface area contributed by atoms with Crippen molar-refractivity contribution in [2.45, 2.75) is 32.6 Å². The van der Waals surface area contributed by atoms with Gasteiger partial charge in [-0.05, 0) is 38.8 Å². The number of likely N-dealkylation sites (tertiary alicyclic amines) is 1. The summed E-state index contributed by atoms with van der Waals surface area (Å²) in [6, 6.07) is 4.32. The molecule has 1 aliphatic heterocycles. The number of piperidine rings is 1. The van der Waals surface area contributed by atoms with Gasteiger partial charge in [0.1, 0.15) is 0 Å². The fourth-order valence-electron chi connectivity index (χ4n) is 2.95. The lowest BCUT2D eigenvalue weighted by Gasteiger charge is -2.30. The highest BCUT2D eigenvalue weighted by Crippen LogP contribution is 2.27. The maximum Gasteiger partial charge on any atom is 0.321 e. The molecule has 9 nitrogen and oxygen atoms in total. The molecule has 0 radical (unpaired) electrons. The Morgan fingerprint density at radius 1 is 1.36 bits per heavy atom. The number of carbonyl (C=O) groups is 1. The van der Waals surface area contributed by atoms with Crippen LogP contribution in [0.1, 0.15) is 36.0 Å². The molecule has 25 heavy (non-hydrogen) atoms. The minimum atomic E-state index is -0.440. The van der Waals surface area contributed by atoms with Crippen molar-refractivity contribution >= 4 is 17.4 Å². The number of nitro benzene ring substituents is 1. The van der Waals surface area contributed by atoms with E-state index in [1.165, 1.54) is 12.1 Å². The summed E-state index contributed by atoms with van der Waals surface area (Å²) in [7, 11) is 0. The first-order chi connectivity index (χ1) is 11.9. The molecule has 3 rings (SSSR count). The summed E-state index contributed by atoms with van der Waals surface area (Å²) in [5.74, 6) is 1.42. The van der Waals surface area contributed by atoms with Crippen LogP contribution in [-0.2, 0) is 0 Å². The Labute approximate surface area is 144 Å². The van der Waals surface area contributed by atoms with Crippen LogP contribution in [0.5, 0.6) is 0 Å². The quantitative estimate of drug-likeness (QED) is 0.675. The summed E-state index contributed by atoms with van der Waals surface area (Å²) < 4.78 is 5.20. The van der Waals surface area contributed by atoms with Gasteiger partial charge in [-0.15, -0.1) is 0 Å². The van der Waals surface area contributed by atoms with Crippen LogP contribution in [0.4, 0.5) is 16.2 Å². The van der Waals surface area contributed by atoms with Crippen molar-refractivity contribution < 1.29 is 14.2 Å². The fourth-order valence-corrected chi connectivity index (χ4v) is 2.95. The Bertz CT molecular complexity index is 796. The second-order valence-electron chi connectivity index (χ2n) is 6.13. The van der Waals surface area contributed by atoms with Crippen LogP contribution in [0.15, 0.2) is 22.7 Å². The van der Waals surface area contributed by atoms with Crippen LogP contribution in [0, 0.1) is 24.0 Å². The number of nitrogens with zero attached hydrogens (tertiary/aromatic N) is 4. The van der Waals surface area contributed by atoms with Crippen LogP contribution in [0.25, 0.3) is 0 Å². The number of hydrogen-bond donors (Lipinski definition) is 1. The molecule has 0 aliphatic carbocycles. The number of nitrogens with one attached hydrogen (secondary N) is 1. The third kappa shape index (κ3) is 3.76. The average molecular weight is 345 g/mol. The molecule has 132 valence electrons. The molecule has 1 fully saturated rings. The molecular weight excluding hydrogens is 326 g/mol. The zero-order valence-electron chi connectivity index (χ0n) is 14.1. The van der Waals surface area contributed by atoms with E-state index < -0.39 is 4.92 Å². The SMILES string of the molecule is Cc1noc(C2CCN(C(=O)Nc3ccc([N+](=O)[O-])c(C)c3)CC2)n1. The van der Waals surface area contributed by atoms with Crippen molar-refractivity contribution in [3.05, 3.63) is 45.6 Å². The Balaban J connectivity index is 1.58. The van der Waals surface area contributed by atoms with E-state index in [1.807, 2.05) is 0 Å². The first-order valence-corrected chi connectivity index (χ1v) is 8.05. The van der Waals surface area contributed by atoms with Gasteiger partial charge in [-0.2, -0.15) is 4.98 Å². The van der Waals surface area contributed by atoms with Gasteiger partial charge in [0, 0.05) is 36.3 Å². The molecule has 1 aromatic carbocycles. The Kier molecular flexibility index (Phi) is 4.64. The number of hydrogen-bond acceptors (Lipinski definition) is 6. The van der Waals surface area contributed by atoms with E-state index in [0.717, 1.165) is 12.8 Å². The number of benzene rings is 1. The van der Waals surface area contributed by atoms with E-state index in [9.17, 15) is 14.9 Å². The van der Waals surface area contributed by atoms with Crippen LogP contribution in [0.2, 0.25) is 0 Å². The van der Waals surface area contributed by atoms with Crippen molar-refractivity contribution in [3.8, 4) is 0 Å². The van der Waals surface area contributed by atoms with Crippen molar-refractivity contribution in [2.24, 2.45) is 0 Å². The number of urea groups is 1. The van der Waals surface area contributed by atoms with Crippen molar-refractivity contribution in [2.75, 3.05) is 18.4 Å². The molecule has 0 saturated carbocycles. The maximum atomic E-state index is 12.4. The zero-order chi connectivity index (χ0) is 18.0. The van der Waals surface area contributed by atoms with E-state index >= 15 is 0 Å². The summed E-state index contributed by atoms with van der Waals surface area (Å²) in [5.41, 5.74) is 1.09. The molecule has 0 unspecified atom stereocenters. The Hall–Kier alpha value is -2.97. The summed E-state index contributed by atoms with van der Waals surface area (Å²) in [6.07, 6.45) is 1.52. The molecular formula is C16H19N5O4. The monoisotopic (exact) mass is 345 g/mol. The molecule has 2 amide bonds. The van der Waals surface area contributed by atoms with Crippen molar-refractivity contribution in [1.82, 2.24) is 15.0 Å². The van der Waals surface area contributed by atoms with E-state index in [1.54, 1.807) is 24.8 Å². The topological polar surface area (TPSA) is 114 Å². The van der Waals surface area contributed by atoms with Gasteiger partial charge >= 0.3 is 6.03 Å². The Morgan fingerprint density at radius 2 is 2.08 bits per heavy atom. The number of rotatable bonds is 3. The van der Waals surface area contributed by atoms with Gasteiger partial charge in [0.15, 0.2) is 5.82 Å². The minimum Gasteiger partial charge on any atom is -0.339 e. The van der Waals surface area contributed by atoms with Gasteiger partial charge in [0.2, 0.25) is 5.89 Å². The van der Waals surface area contributed by atoms with Crippen LogP contribution in [0.3, 0.4) is 0 Å². The second-order valence-corrected chi connectivity index (χ2v) is 6.13. The summed E-state index contributed by atoms with van der Waals surface area (Å²) in [5, 5.41) is 17.4. The lowest BCUT2D eigenvalue weighted by molar-refractivity contribution is -0.385. The van der Waals surface area contributed by atoms with Crippen LogP contribution >= 0.6 is 0 Å². The first kappa shape index (κ1) is 16.9. The number of amides is 2. The van der Waals surface area contributed by atoms with Crippen molar-refractivity contribution in [1.29, 1.82) is 0 Å². The maximum absolute atomic E-state index is 12.4. The van der Waals surface area contributed by atoms with Gasteiger partial charge in [0.05, 0.1) is 4.92 Å². The third-order valence-electron chi connectivity index (χ3n) is 4.32.